The van der Waals surface area contributed by atoms with Gasteiger partial charge in [0.25, 0.3) is 0 Å². The van der Waals surface area contributed by atoms with E-state index in [1.807, 2.05) is 6.92 Å². The molecule has 6 N–H and O–H groups in total. The van der Waals surface area contributed by atoms with Crippen LogP contribution in [-0.2, 0) is 0 Å². The van der Waals surface area contributed by atoms with Crippen molar-refractivity contribution in [3.05, 3.63) is 11.3 Å². The van der Waals surface area contributed by atoms with Gasteiger partial charge in [-0.1, -0.05) is 0 Å². The van der Waals surface area contributed by atoms with Gasteiger partial charge >= 0.3 is 0 Å². The molecule has 0 spiro atoms. The Labute approximate surface area is 82.3 Å². The number of hydrogen-bond donors (Lipinski definition) is 3. The fraction of sp³-hybridized carbons (Fsp3) is 0.778. The van der Waals surface area contributed by atoms with Gasteiger partial charge in [-0.25, -0.2) is 0 Å². The fourth-order valence-electron chi connectivity index (χ4n) is 2.16. The van der Waals surface area contributed by atoms with Crippen molar-refractivity contribution in [3.63, 3.8) is 0 Å². The van der Waals surface area contributed by atoms with Crippen LogP contribution in [0.2, 0.25) is 0 Å². The summed E-state index contributed by atoms with van der Waals surface area (Å²) in [5.74, 6) is 0.507. The lowest BCUT2D eigenvalue weighted by Crippen LogP contribution is -2.37. The van der Waals surface area contributed by atoms with E-state index in [1.165, 1.54) is 12.8 Å². The molecule has 0 aromatic heterocycles. The number of rotatable bonds is 2. The zero-order chi connectivity index (χ0) is 10.0. The van der Waals surface area contributed by atoms with E-state index in [0.29, 0.717) is 11.6 Å². The molecule has 3 atom stereocenters. The van der Waals surface area contributed by atoms with E-state index in [-0.39, 0.29) is 6.17 Å². The van der Waals surface area contributed by atoms with Crippen molar-refractivity contribution in [2.24, 2.45) is 23.1 Å². The molecule has 0 bridgehead atoms. The van der Waals surface area contributed by atoms with Gasteiger partial charge in [0, 0.05) is 5.70 Å². The molecule has 1 aliphatic rings. The fourth-order valence-corrected chi connectivity index (χ4v) is 2.68. The van der Waals surface area contributed by atoms with E-state index < -0.39 is 0 Å². The van der Waals surface area contributed by atoms with Crippen molar-refractivity contribution >= 4 is 9.24 Å². The summed E-state index contributed by atoms with van der Waals surface area (Å²) in [5.41, 5.74) is 19.7. The molecular weight excluding hydrogens is 181 g/mol. The van der Waals surface area contributed by atoms with Crippen LogP contribution < -0.4 is 17.2 Å². The second kappa shape index (κ2) is 4.41. The third kappa shape index (κ3) is 2.67. The third-order valence-electron chi connectivity index (χ3n) is 2.73. The van der Waals surface area contributed by atoms with Gasteiger partial charge in [-0.3, -0.25) is 0 Å². The van der Waals surface area contributed by atoms with Crippen LogP contribution in [0.15, 0.2) is 11.3 Å². The van der Waals surface area contributed by atoms with Crippen LogP contribution in [0.25, 0.3) is 0 Å². The Kier molecular flexibility index (Phi) is 3.72. The third-order valence-corrected chi connectivity index (χ3v) is 3.33. The van der Waals surface area contributed by atoms with Gasteiger partial charge in [0.2, 0.25) is 0 Å². The summed E-state index contributed by atoms with van der Waals surface area (Å²) in [4.78, 5) is 0. The largest absolute Gasteiger partial charge is 0.402 e. The SMILES string of the molecule is C/C(N)=C(/C(N)N)C1CCC(P)C1. The number of nitrogens with two attached hydrogens (primary N) is 3. The van der Waals surface area contributed by atoms with Crippen molar-refractivity contribution < 1.29 is 0 Å². The molecule has 0 radical (unpaired) electrons. The zero-order valence-electron chi connectivity index (χ0n) is 8.16. The van der Waals surface area contributed by atoms with Crippen LogP contribution in [0.3, 0.4) is 0 Å². The monoisotopic (exact) mass is 201 g/mol. The van der Waals surface area contributed by atoms with Crippen molar-refractivity contribution in [3.8, 4) is 0 Å². The molecule has 0 saturated heterocycles. The Balaban J connectivity index is 2.73. The van der Waals surface area contributed by atoms with E-state index in [1.54, 1.807) is 0 Å². The Bertz CT molecular complexity index is 209. The normalized spacial score (nSPS) is 30.8. The second-order valence-electron chi connectivity index (χ2n) is 3.93. The van der Waals surface area contributed by atoms with Crippen LogP contribution >= 0.6 is 9.24 Å². The molecule has 4 heteroatoms. The maximum absolute atomic E-state index is 5.78. The lowest BCUT2D eigenvalue weighted by Gasteiger charge is -2.20. The minimum absolute atomic E-state index is 0.384. The second-order valence-corrected chi connectivity index (χ2v) is 4.88. The summed E-state index contributed by atoms with van der Waals surface area (Å²) < 4.78 is 0. The van der Waals surface area contributed by atoms with E-state index in [9.17, 15) is 0 Å². The summed E-state index contributed by atoms with van der Waals surface area (Å²) >= 11 is 0. The van der Waals surface area contributed by atoms with Crippen LogP contribution in [0, 0.1) is 5.92 Å². The first-order valence-electron chi connectivity index (χ1n) is 4.75. The first-order chi connectivity index (χ1) is 6.02. The minimum atomic E-state index is -0.384. The van der Waals surface area contributed by atoms with Crippen LogP contribution in [0.5, 0.6) is 0 Å². The molecular formula is C9H20N3P. The lowest BCUT2D eigenvalue weighted by molar-refractivity contribution is 0.572. The average Bonchev–Trinajstić information content (AvgIpc) is 2.34. The number of allylic oxidation sites excluding steroid dienone is 1. The molecule has 0 aliphatic heterocycles. The predicted octanol–water partition coefficient (Wildman–Crippen LogP) is 0.506. The number of hydrogen-bond acceptors (Lipinski definition) is 3. The molecule has 1 aliphatic carbocycles. The molecule has 3 unspecified atom stereocenters. The quantitative estimate of drug-likeness (QED) is 0.450. The summed E-state index contributed by atoms with van der Waals surface area (Å²) in [5, 5.41) is 0. The van der Waals surface area contributed by atoms with Gasteiger partial charge in [-0.15, -0.1) is 9.24 Å². The van der Waals surface area contributed by atoms with Crippen LogP contribution in [-0.4, -0.2) is 11.8 Å². The first kappa shape index (κ1) is 11.0. The van der Waals surface area contributed by atoms with E-state index in [0.717, 1.165) is 17.7 Å². The summed E-state index contributed by atoms with van der Waals surface area (Å²) in [6, 6.07) is 0. The maximum atomic E-state index is 5.78. The molecule has 0 amide bonds. The van der Waals surface area contributed by atoms with Gasteiger partial charge < -0.3 is 17.2 Å². The van der Waals surface area contributed by atoms with E-state index >= 15 is 0 Å². The van der Waals surface area contributed by atoms with Crippen molar-refractivity contribution in [1.29, 1.82) is 0 Å². The Morgan fingerprint density at radius 3 is 2.31 bits per heavy atom. The van der Waals surface area contributed by atoms with Gasteiger partial charge in [-0.05, 0) is 43.3 Å². The highest BCUT2D eigenvalue weighted by Crippen LogP contribution is 2.36. The van der Waals surface area contributed by atoms with Crippen molar-refractivity contribution in [1.82, 2.24) is 0 Å². The Morgan fingerprint density at radius 1 is 1.38 bits per heavy atom. The molecule has 0 aromatic carbocycles. The average molecular weight is 201 g/mol. The highest BCUT2D eigenvalue weighted by Gasteiger charge is 2.27. The molecule has 1 rings (SSSR count). The van der Waals surface area contributed by atoms with Crippen molar-refractivity contribution in [2.75, 3.05) is 0 Å². The predicted molar refractivity (Wildman–Crippen MR) is 59.9 cm³/mol. The van der Waals surface area contributed by atoms with E-state index in [2.05, 4.69) is 9.24 Å². The Morgan fingerprint density at radius 2 is 2.00 bits per heavy atom. The van der Waals surface area contributed by atoms with Crippen LogP contribution in [0.4, 0.5) is 0 Å². The zero-order valence-corrected chi connectivity index (χ0v) is 9.32. The summed E-state index contributed by atoms with van der Waals surface area (Å²) in [6.45, 7) is 1.89. The van der Waals surface area contributed by atoms with Gasteiger partial charge in [-0.2, -0.15) is 0 Å². The smallest absolute Gasteiger partial charge is 0.0765 e. The van der Waals surface area contributed by atoms with Gasteiger partial charge in [0.05, 0.1) is 6.17 Å². The lowest BCUT2D eigenvalue weighted by atomic mass is 9.94. The molecule has 0 aromatic rings. The molecule has 1 fully saturated rings. The highest BCUT2D eigenvalue weighted by atomic mass is 31.0. The standard InChI is InChI=1S/C9H20N3P/c1-5(10)8(9(11)12)6-2-3-7(13)4-6/h6-7,9H,2-4,10-13H2,1H3/b8-5-. The first-order valence-corrected chi connectivity index (χ1v) is 5.42. The molecule has 3 nitrogen and oxygen atoms in total. The van der Waals surface area contributed by atoms with Gasteiger partial charge in [0.15, 0.2) is 0 Å². The topological polar surface area (TPSA) is 78.1 Å². The van der Waals surface area contributed by atoms with Crippen molar-refractivity contribution in [2.45, 2.75) is 38.0 Å². The van der Waals surface area contributed by atoms with Gasteiger partial charge in [0.1, 0.15) is 0 Å². The van der Waals surface area contributed by atoms with E-state index in [4.69, 9.17) is 17.2 Å². The summed E-state index contributed by atoms with van der Waals surface area (Å²) in [7, 11) is 2.86. The van der Waals surface area contributed by atoms with Crippen LogP contribution in [0.1, 0.15) is 26.2 Å². The highest BCUT2D eigenvalue weighted by molar-refractivity contribution is 7.17. The molecule has 1 saturated carbocycles. The summed E-state index contributed by atoms with van der Waals surface area (Å²) in [6.07, 6.45) is 3.17. The molecule has 76 valence electrons. The molecule has 13 heavy (non-hydrogen) atoms. The Hall–Kier alpha value is -0.110. The molecule has 0 heterocycles. The minimum Gasteiger partial charge on any atom is -0.402 e. The maximum Gasteiger partial charge on any atom is 0.0765 e.